The topological polar surface area (TPSA) is 131 Å². The second-order valence-electron chi connectivity index (χ2n) is 9.45. The van der Waals surface area contributed by atoms with Crippen LogP contribution in [0.2, 0.25) is 0 Å². The van der Waals surface area contributed by atoms with Crippen LogP contribution in [0.1, 0.15) is 65.1 Å². The molecule has 0 saturated heterocycles. The Morgan fingerprint density at radius 2 is 2.00 bits per heavy atom. The van der Waals surface area contributed by atoms with E-state index in [1.54, 1.807) is 11.5 Å². The summed E-state index contributed by atoms with van der Waals surface area (Å²) in [5.41, 5.74) is 5.52. The van der Waals surface area contributed by atoms with Gasteiger partial charge in [-0.3, -0.25) is 14.4 Å². The van der Waals surface area contributed by atoms with Crippen molar-refractivity contribution in [2.45, 2.75) is 58.2 Å². The Morgan fingerprint density at radius 3 is 2.70 bits per heavy atom. The zero-order valence-corrected chi connectivity index (χ0v) is 20.9. The van der Waals surface area contributed by atoms with E-state index in [2.05, 4.69) is 5.32 Å². The highest BCUT2D eigenvalue weighted by molar-refractivity contribution is 5.93. The zero-order chi connectivity index (χ0) is 26.6. The summed E-state index contributed by atoms with van der Waals surface area (Å²) in [7, 11) is 1.00. The molecular formula is C27H28FN3O6. The summed E-state index contributed by atoms with van der Waals surface area (Å²) in [6.07, 6.45) is 1.60. The van der Waals surface area contributed by atoms with E-state index in [4.69, 9.17) is 14.8 Å². The van der Waals surface area contributed by atoms with Crippen molar-refractivity contribution < 1.29 is 28.9 Å². The lowest BCUT2D eigenvalue weighted by molar-refractivity contribution is -0.148. The molecule has 1 amide bonds. The van der Waals surface area contributed by atoms with Crippen molar-refractivity contribution in [3.8, 4) is 11.4 Å². The van der Waals surface area contributed by atoms with Gasteiger partial charge in [-0.05, 0) is 54.5 Å². The molecule has 1 aliphatic carbocycles. The van der Waals surface area contributed by atoms with E-state index < -0.39 is 24.5 Å². The maximum atomic E-state index is 14.8. The third kappa shape index (κ3) is 3.66. The highest BCUT2D eigenvalue weighted by atomic mass is 19.1. The number of nitrogens with one attached hydrogen (secondary N) is 1. The van der Waals surface area contributed by atoms with Crippen molar-refractivity contribution in [1.29, 1.82) is 0 Å². The first-order chi connectivity index (χ1) is 17.8. The van der Waals surface area contributed by atoms with E-state index in [0.29, 0.717) is 52.9 Å². The average Bonchev–Trinajstić information content (AvgIpc) is 3.27. The lowest BCUT2D eigenvalue weighted by atomic mass is 9.81. The molecule has 0 fully saturated rings. The number of amides is 1. The summed E-state index contributed by atoms with van der Waals surface area (Å²) in [5, 5.41) is 20.0. The number of carbonyl (C=O) groups excluding carboxylic acids is 2. The van der Waals surface area contributed by atoms with Crippen LogP contribution in [0.4, 0.5) is 4.39 Å². The molecule has 2 aliphatic heterocycles. The summed E-state index contributed by atoms with van der Waals surface area (Å²) in [5.74, 6) is -1.72. The molecule has 0 saturated carbocycles. The van der Waals surface area contributed by atoms with Crippen molar-refractivity contribution in [1.82, 2.24) is 14.9 Å². The van der Waals surface area contributed by atoms with Crippen LogP contribution in [0.25, 0.3) is 22.3 Å². The van der Waals surface area contributed by atoms with Crippen molar-refractivity contribution in [2.75, 3.05) is 13.7 Å². The van der Waals surface area contributed by atoms with E-state index >= 15 is 0 Å². The van der Waals surface area contributed by atoms with E-state index in [1.165, 1.54) is 6.07 Å². The third-order valence-corrected chi connectivity index (χ3v) is 7.68. The number of aliphatic hydroxyl groups is 2. The Balaban J connectivity index is 0.00000137. The van der Waals surface area contributed by atoms with Crippen LogP contribution >= 0.6 is 0 Å². The lowest BCUT2D eigenvalue weighted by Gasteiger charge is -2.29. The fourth-order valence-electron chi connectivity index (χ4n) is 5.96. The predicted molar refractivity (Wildman–Crippen MR) is 132 cm³/mol. The number of ether oxygens (including phenoxy) is 1. The molecule has 3 aliphatic rings. The molecule has 0 radical (unpaired) electrons. The highest BCUT2D eigenvalue weighted by Crippen LogP contribution is 2.45. The smallest absolute Gasteiger partial charge is 0.313 e. The second kappa shape index (κ2) is 9.35. The van der Waals surface area contributed by atoms with Gasteiger partial charge >= 0.3 is 5.97 Å². The van der Waals surface area contributed by atoms with Crippen LogP contribution in [0.15, 0.2) is 16.9 Å². The quantitative estimate of drug-likeness (QED) is 0.361. The minimum absolute atomic E-state index is 0.0634. The van der Waals surface area contributed by atoms with Crippen molar-refractivity contribution in [3.63, 3.8) is 0 Å². The van der Waals surface area contributed by atoms with Crippen molar-refractivity contribution in [3.05, 3.63) is 61.7 Å². The molecule has 9 nitrogen and oxygen atoms in total. The van der Waals surface area contributed by atoms with Gasteiger partial charge in [0.15, 0.2) is 0 Å². The maximum absolute atomic E-state index is 14.8. The minimum Gasteiger partial charge on any atom is -0.460 e. The molecule has 6 rings (SSSR count). The van der Waals surface area contributed by atoms with Gasteiger partial charge in [0.25, 0.3) is 5.56 Å². The summed E-state index contributed by atoms with van der Waals surface area (Å²) in [6, 6.07) is 2.84. The summed E-state index contributed by atoms with van der Waals surface area (Å²) >= 11 is 0. The molecule has 2 aromatic heterocycles. The van der Waals surface area contributed by atoms with Crippen molar-refractivity contribution >= 4 is 22.8 Å². The number of esters is 1. The number of fused-ring (bicyclic) bond motifs is 5. The molecule has 4 heterocycles. The van der Waals surface area contributed by atoms with Gasteiger partial charge < -0.3 is 24.8 Å². The molecule has 37 heavy (non-hydrogen) atoms. The number of pyridine rings is 2. The Morgan fingerprint density at radius 1 is 1.24 bits per heavy atom. The molecule has 0 bridgehead atoms. The number of aliphatic hydroxyl groups excluding tert-OH is 2. The average molecular weight is 510 g/mol. The van der Waals surface area contributed by atoms with Crippen LogP contribution in [-0.4, -0.2) is 45.4 Å². The molecule has 2 atom stereocenters. The van der Waals surface area contributed by atoms with E-state index in [0.717, 1.165) is 29.2 Å². The first kappa shape index (κ1) is 25.0. The molecule has 1 aromatic carbocycles. The van der Waals surface area contributed by atoms with Crippen LogP contribution in [-0.2, 0) is 33.9 Å². The number of cyclic esters (lactones) is 1. The van der Waals surface area contributed by atoms with Gasteiger partial charge in [0.1, 0.15) is 19.0 Å². The van der Waals surface area contributed by atoms with Gasteiger partial charge in [-0.1, -0.05) is 6.92 Å². The standard InChI is InChI=1S/C26H24FN3O5.CH4O/c1-3-12-14-6-20-24-15(8-30(20)25(33)16(14)10-35-26(12)34)23-18(28-21(32)9-31)5-4-13-11(2)17(27)7-19(29-24)22(13)23;1-2/h6-7,12,18,31H,3-5,8-10H2,1-2H3,(H,28,32);2H,1H3. The van der Waals surface area contributed by atoms with Crippen LogP contribution in [0.5, 0.6) is 0 Å². The Kier molecular flexibility index (Phi) is 6.33. The minimum atomic E-state index is -0.638. The van der Waals surface area contributed by atoms with Crippen LogP contribution in [0, 0.1) is 12.7 Å². The SMILES string of the molecule is CCC1C(=O)OCc2c1cc1n(c2=O)Cc2c-1nc1cc(F)c(C)c3c1c2C(NC(=O)CO)CC3.CO. The molecular weight excluding hydrogens is 481 g/mol. The maximum Gasteiger partial charge on any atom is 0.313 e. The number of halogens is 1. The first-order valence-electron chi connectivity index (χ1n) is 12.3. The number of benzene rings is 1. The predicted octanol–water partition coefficient (Wildman–Crippen LogP) is 2.13. The second-order valence-corrected chi connectivity index (χ2v) is 9.45. The number of aromatic nitrogens is 2. The third-order valence-electron chi connectivity index (χ3n) is 7.68. The molecule has 3 aromatic rings. The lowest BCUT2D eigenvalue weighted by Crippen LogP contribution is -2.34. The first-order valence-corrected chi connectivity index (χ1v) is 12.3. The number of aryl methyl sites for hydroxylation is 1. The largest absolute Gasteiger partial charge is 0.460 e. The molecule has 10 heteroatoms. The van der Waals surface area contributed by atoms with Crippen LogP contribution < -0.4 is 10.9 Å². The highest BCUT2D eigenvalue weighted by Gasteiger charge is 2.37. The molecule has 2 unspecified atom stereocenters. The molecule has 194 valence electrons. The fraction of sp³-hybridized carbons (Fsp3) is 0.407. The van der Waals surface area contributed by atoms with E-state index in [9.17, 15) is 23.9 Å². The number of carbonyl (C=O) groups is 2. The number of hydrogen-bond acceptors (Lipinski definition) is 7. The van der Waals surface area contributed by atoms with Gasteiger partial charge in [-0.15, -0.1) is 0 Å². The monoisotopic (exact) mass is 509 g/mol. The van der Waals surface area contributed by atoms with Gasteiger partial charge in [0.2, 0.25) is 5.91 Å². The zero-order valence-electron chi connectivity index (χ0n) is 20.9. The number of rotatable bonds is 3. The number of hydrogen-bond donors (Lipinski definition) is 3. The van der Waals surface area contributed by atoms with Gasteiger partial charge in [-0.2, -0.15) is 0 Å². The van der Waals surface area contributed by atoms with E-state index in [1.807, 2.05) is 13.0 Å². The summed E-state index contributed by atoms with van der Waals surface area (Å²) in [6.45, 7) is 3.16. The van der Waals surface area contributed by atoms with Gasteiger partial charge in [0.05, 0.1) is 41.0 Å². The number of nitrogens with zero attached hydrogens (tertiary/aromatic N) is 2. The Bertz CT molecular complexity index is 1530. The summed E-state index contributed by atoms with van der Waals surface area (Å²) < 4.78 is 21.7. The summed E-state index contributed by atoms with van der Waals surface area (Å²) in [4.78, 5) is 42.8. The molecule has 3 N–H and O–H groups in total. The van der Waals surface area contributed by atoms with Gasteiger partial charge in [0, 0.05) is 24.1 Å². The molecule has 0 spiro atoms. The van der Waals surface area contributed by atoms with Crippen LogP contribution in [0.3, 0.4) is 0 Å². The van der Waals surface area contributed by atoms with Gasteiger partial charge in [-0.25, -0.2) is 9.37 Å². The van der Waals surface area contributed by atoms with Crippen molar-refractivity contribution in [2.24, 2.45) is 0 Å². The normalized spacial score (nSPS) is 18.8. The van der Waals surface area contributed by atoms with E-state index in [-0.39, 0.29) is 30.5 Å². The Labute approximate surface area is 211 Å². The fourth-order valence-corrected chi connectivity index (χ4v) is 5.96. The Hall–Kier alpha value is -3.63.